The lowest BCUT2D eigenvalue weighted by Gasteiger charge is -2.39. The van der Waals surface area contributed by atoms with Crippen LogP contribution >= 0.6 is 0 Å². The van der Waals surface area contributed by atoms with E-state index in [9.17, 15) is 10.2 Å². The summed E-state index contributed by atoms with van der Waals surface area (Å²) in [6, 6.07) is 0. The highest BCUT2D eigenvalue weighted by Gasteiger charge is 2.40. The van der Waals surface area contributed by atoms with Gasteiger partial charge in [0.2, 0.25) is 0 Å². The van der Waals surface area contributed by atoms with E-state index < -0.39 is 24.6 Å². The molecule has 6 nitrogen and oxygen atoms in total. The third-order valence-electron chi connectivity index (χ3n) is 3.43. The highest BCUT2D eigenvalue weighted by atomic mass is 16.7. The normalized spacial score (nSPS) is 46.0. The fourth-order valence-corrected chi connectivity index (χ4v) is 2.36. The van der Waals surface area contributed by atoms with Crippen LogP contribution in [0.1, 0.15) is 26.2 Å². The van der Waals surface area contributed by atoms with Crippen molar-refractivity contribution in [1.29, 1.82) is 0 Å². The van der Waals surface area contributed by atoms with Crippen LogP contribution in [0.5, 0.6) is 0 Å². The molecule has 6 atom stereocenters. The molecule has 6 heteroatoms. The van der Waals surface area contributed by atoms with E-state index in [2.05, 4.69) is 0 Å². The van der Waals surface area contributed by atoms with Crippen LogP contribution in [0.2, 0.25) is 0 Å². The maximum absolute atomic E-state index is 9.94. The zero-order chi connectivity index (χ0) is 13.1. The van der Waals surface area contributed by atoms with Crippen LogP contribution < -0.4 is 0 Å². The van der Waals surface area contributed by atoms with E-state index in [1.807, 2.05) is 6.92 Å². The number of hydrogen-bond acceptors (Lipinski definition) is 6. The molecular weight excluding hydrogens is 240 g/mol. The number of ether oxygens (including phenoxy) is 4. The SMILES string of the molecule is COC1OC[C@@H](O[C@H]2CCC[C@H](C)O2)[C@H](O)[C@H]1O. The average molecular weight is 262 g/mol. The second-order valence-corrected chi connectivity index (χ2v) is 4.90. The molecule has 0 amide bonds. The van der Waals surface area contributed by atoms with Crippen molar-refractivity contribution in [1.82, 2.24) is 0 Å². The Bertz CT molecular complexity index is 261. The van der Waals surface area contributed by atoms with Crippen molar-refractivity contribution in [2.75, 3.05) is 13.7 Å². The molecule has 0 spiro atoms. The summed E-state index contributed by atoms with van der Waals surface area (Å²) in [5.74, 6) is 0. The fraction of sp³-hybridized carbons (Fsp3) is 1.00. The molecule has 2 N–H and O–H groups in total. The van der Waals surface area contributed by atoms with Gasteiger partial charge in [0.25, 0.3) is 0 Å². The molecule has 0 aromatic rings. The molecule has 2 rings (SSSR count). The van der Waals surface area contributed by atoms with Gasteiger partial charge < -0.3 is 29.2 Å². The van der Waals surface area contributed by atoms with E-state index in [-0.39, 0.29) is 19.0 Å². The smallest absolute Gasteiger partial charge is 0.185 e. The first-order valence-electron chi connectivity index (χ1n) is 6.43. The highest BCUT2D eigenvalue weighted by molar-refractivity contribution is 4.84. The maximum Gasteiger partial charge on any atom is 0.185 e. The van der Waals surface area contributed by atoms with Gasteiger partial charge in [0.05, 0.1) is 12.7 Å². The van der Waals surface area contributed by atoms with Gasteiger partial charge in [0, 0.05) is 7.11 Å². The summed E-state index contributed by atoms with van der Waals surface area (Å²) in [5.41, 5.74) is 0. The standard InChI is InChI=1S/C12H22O6/c1-7-4-3-5-9(17-7)18-8-6-16-12(15-2)11(14)10(8)13/h7-14H,3-6H2,1-2H3/t7-,8+,9-,10-,11+,12?/m0/s1. The Balaban J connectivity index is 1.86. The summed E-state index contributed by atoms with van der Waals surface area (Å²) < 4.78 is 21.5. The third kappa shape index (κ3) is 3.20. The first-order valence-corrected chi connectivity index (χ1v) is 6.43. The van der Waals surface area contributed by atoms with Crippen molar-refractivity contribution in [2.24, 2.45) is 0 Å². The zero-order valence-corrected chi connectivity index (χ0v) is 10.8. The fourth-order valence-electron chi connectivity index (χ4n) is 2.36. The molecule has 106 valence electrons. The third-order valence-corrected chi connectivity index (χ3v) is 3.43. The Morgan fingerprint density at radius 2 is 1.94 bits per heavy atom. The average Bonchev–Trinajstić information content (AvgIpc) is 2.35. The first-order chi connectivity index (χ1) is 8.61. The predicted octanol–water partition coefficient (Wildman–Crippen LogP) is 0.0112. The molecule has 0 aromatic carbocycles. The van der Waals surface area contributed by atoms with Crippen molar-refractivity contribution < 1.29 is 29.2 Å². The van der Waals surface area contributed by atoms with Crippen LogP contribution in [0.4, 0.5) is 0 Å². The molecule has 1 unspecified atom stereocenters. The minimum atomic E-state index is -1.10. The molecule has 2 heterocycles. The Morgan fingerprint density at radius 1 is 1.17 bits per heavy atom. The maximum atomic E-state index is 9.94. The minimum Gasteiger partial charge on any atom is -0.387 e. The topological polar surface area (TPSA) is 77.4 Å². The number of aliphatic hydroxyl groups is 2. The van der Waals surface area contributed by atoms with Gasteiger partial charge in [0.15, 0.2) is 12.6 Å². The Morgan fingerprint density at radius 3 is 2.61 bits per heavy atom. The van der Waals surface area contributed by atoms with Crippen LogP contribution in [0.3, 0.4) is 0 Å². The number of hydrogen-bond donors (Lipinski definition) is 2. The summed E-state index contributed by atoms with van der Waals surface area (Å²) in [4.78, 5) is 0. The highest BCUT2D eigenvalue weighted by Crippen LogP contribution is 2.24. The first kappa shape index (κ1) is 14.2. The lowest BCUT2D eigenvalue weighted by Crippen LogP contribution is -2.55. The Hall–Kier alpha value is -0.240. The van der Waals surface area contributed by atoms with Crippen LogP contribution in [0, 0.1) is 0 Å². The van der Waals surface area contributed by atoms with Gasteiger partial charge >= 0.3 is 0 Å². The van der Waals surface area contributed by atoms with Gasteiger partial charge in [-0.3, -0.25) is 0 Å². The van der Waals surface area contributed by atoms with Crippen molar-refractivity contribution in [3.8, 4) is 0 Å². The number of methoxy groups -OCH3 is 1. The van der Waals surface area contributed by atoms with E-state index >= 15 is 0 Å². The molecule has 0 saturated carbocycles. The summed E-state index contributed by atoms with van der Waals surface area (Å²) in [5, 5.41) is 19.7. The summed E-state index contributed by atoms with van der Waals surface area (Å²) >= 11 is 0. The minimum absolute atomic E-state index is 0.169. The van der Waals surface area contributed by atoms with Gasteiger partial charge in [0.1, 0.15) is 18.3 Å². The molecule has 0 aliphatic carbocycles. The van der Waals surface area contributed by atoms with Crippen molar-refractivity contribution in [3.05, 3.63) is 0 Å². The largest absolute Gasteiger partial charge is 0.387 e. The van der Waals surface area contributed by atoms with Crippen molar-refractivity contribution >= 4 is 0 Å². The molecule has 18 heavy (non-hydrogen) atoms. The van der Waals surface area contributed by atoms with Gasteiger partial charge in [-0.2, -0.15) is 0 Å². The summed E-state index contributed by atoms with van der Waals surface area (Å²) in [7, 11) is 1.42. The van der Waals surface area contributed by atoms with Gasteiger partial charge in [-0.15, -0.1) is 0 Å². The monoisotopic (exact) mass is 262 g/mol. The summed E-state index contributed by atoms with van der Waals surface area (Å²) in [6.07, 6.45) is -0.800. The van der Waals surface area contributed by atoms with E-state index in [4.69, 9.17) is 18.9 Å². The molecule has 2 aliphatic heterocycles. The van der Waals surface area contributed by atoms with Crippen molar-refractivity contribution in [3.63, 3.8) is 0 Å². The van der Waals surface area contributed by atoms with E-state index in [1.54, 1.807) is 0 Å². The summed E-state index contributed by atoms with van der Waals surface area (Å²) in [6.45, 7) is 2.18. The van der Waals surface area contributed by atoms with Crippen LogP contribution in [-0.2, 0) is 18.9 Å². The Labute approximate surface area is 107 Å². The lowest BCUT2D eigenvalue weighted by molar-refractivity contribution is -0.301. The zero-order valence-electron chi connectivity index (χ0n) is 10.8. The quantitative estimate of drug-likeness (QED) is 0.746. The van der Waals surface area contributed by atoms with E-state index in [0.717, 1.165) is 19.3 Å². The van der Waals surface area contributed by atoms with Crippen LogP contribution in [-0.4, -0.2) is 60.9 Å². The van der Waals surface area contributed by atoms with E-state index in [1.165, 1.54) is 7.11 Å². The van der Waals surface area contributed by atoms with Crippen LogP contribution in [0.25, 0.3) is 0 Å². The van der Waals surface area contributed by atoms with Gasteiger partial charge in [-0.1, -0.05) is 0 Å². The second-order valence-electron chi connectivity index (χ2n) is 4.90. The molecule has 2 fully saturated rings. The Kier molecular flexibility index (Phi) is 4.94. The molecule has 0 bridgehead atoms. The van der Waals surface area contributed by atoms with Gasteiger partial charge in [-0.25, -0.2) is 0 Å². The van der Waals surface area contributed by atoms with Gasteiger partial charge in [-0.05, 0) is 26.2 Å². The molecule has 0 radical (unpaired) electrons. The predicted molar refractivity (Wildman–Crippen MR) is 61.8 cm³/mol. The molecule has 2 aliphatic rings. The molecular formula is C12H22O6. The van der Waals surface area contributed by atoms with Crippen LogP contribution in [0.15, 0.2) is 0 Å². The second kappa shape index (κ2) is 6.27. The lowest BCUT2D eigenvalue weighted by atomic mass is 10.0. The molecule has 2 saturated heterocycles. The van der Waals surface area contributed by atoms with E-state index in [0.29, 0.717) is 0 Å². The molecule has 0 aromatic heterocycles. The number of rotatable bonds is 3. The number of aliphatic hydroxyl groups excluding tert-OH is 2. The van der Waals surface area contributed by atoms with Crippen molar-refractivity contribution in [2.45, 2.75) is 63.2 Å².